The Morgan fingerprint density at radius 2 is 2.07 bits per heavy atom. The molecule has 1 aliphatic rings. The molecule has 4 rings (SSSR count). The lowest BCUT2D eigenvalue weighted by molar-refractivity contribution is -0.118. The van der Waals surface area contributed by atoms with Crippen molar-refractivity contribution in [1.29, 1.82) is 0 Å². The lowest BCUT2D eigenvalue weighted by atomic mass is 10.2. The third-order valence-electron chi connectivity index (χ3n) is 3.88. The molecule has 2 heterocycles. The Kier molecular flexibility index (Phi) is 4.25. The largest absolute Gasteiger partial charge is 0.482 e. The zero-order chi connectivity index (χ0) is 19.0. The fraction of sp³-hybridized carbons (Fsp3) is 0.0588. The second-order valence-electron chi connectivity index (χ2n) is 5.74. The molecule has 2 aromatic carbocycles. The van der Waals surface area contributed by atoms with E-state index in [0.717, 1.165) is 0 Å². The number of hydrogen-bond acceptors (Lipinski definition) is 5. The van der Waals surface area contributed by atoms with Gasteiger partial charge in [-0.15, -0.1) is 0 Å². The molecule has 2 N–H and O–H groups in total. The molecule has 138 valence electrons. The van der Waals surface area contributed by atoms with Crippen LogP contribution in [0.25, 0.3) is 5.69 Å². The van der Waals surface area contributed by atoms with Crippen LogP contribution in [-0.2, 0) is 14.8 Å². The fourth-order valence-electron chi connectivity index (χ4n) is 2.62. The van der Waals surface area contributed by atoms with E-state index in [-0.39, 0.29) is 17.4 Å². The normalized spacial score (nSPS) is 13.4. The van der Waals surface area contributed by atoms with Crippen LogP contribution in [0.3, 0.4) is 0 Å². The summed E-state index contributed by atoms with van der Waals surface area (Å²) >= 11 is 6.26. The van der Waals surface area contributed by atoms with E-state index in [1.54, 1.807) is 35.4 Å². The topological polar surface area (TPSA) is 102 Å². The van der Waals surface area contributed by atoms with Crippen molar-refractivity contribution >= 4 is 38.9 Å². The molecule has 1 aromatic heterocycles. The number of nitrogens with zero attached hydrogens (tertiary/aromatic N) is 2. The number of anilines is 2. The Labute approximate surface area is 159 Å². The van der Waals surface area contributed by atoms with Gasteiger partial charge in [0.15, 0.2) is 6.61 Å². The predicted molar refractivity (Wildman–Crippen MR) is 99.9 cm³/mol. The minimum atomic E-state index is -3.88. The van der Waals surface area contributed by atoms with Gasteiger partial charge >= 0.3 is 0 Å². The van der Waals surface area contributed by atoms with Crippen LogP contribution >= 0.6 is 11.6 Å². The number of hydrogen-bond donors (Lipinski definition) is 2. The van der Waals surface area contributed by atoms with Crippen LogP contribution in [-0.4, -0.2) is 30.5 Å². The van der Waals surface area contributed by atoms with E-state index in [1.165, 1.54) is 24.3 Å². The highest BCUT2D eigenvalue weighted by Crippen LogP contribution is 2.31. The number of rotatable bonds is 4. The molecule has 0 radical (unpaired) electrons. The van der Waals surface area contributed by atoms with Gasteiger partial charge in [0.25, 0.3) is 15.9 Å². The third kappa shape index (κ3) is 3.46. The number of nitrogens with one attached hydrogen (secondary N) is 2. The minimum absolute atomic E-state index is 0.0122. The van der Waals surface area contributed by atoms with Gasteiger partial charge in [0, 0.05) is 12.4 Å². The van der Waals surface area contributed by atoms with Crippen LogP contribution in [0.15, 0.2) is 60.0 Å². The Bertz CT molecular complexity index is 1130. The maximum Gasteiger partial charge on any atom is 0.262 e. The number of sulfonamides is 1. The number of ether oxygens (including phenoxy) is 1. The lowest BCUT2D eigenvalue weighted by Crippen LogP contribution is -2.25. The lowest BCUT2D eigenvalue weighted by Gasteiger charge is -2.18. The highest BCUT2D eigenvalue weighted by molar-refractivity contribution is 7.92. The highest BCUT2D eigenvalue weighted by Gasteiger charge is 2.21. The number of carbonyl (C=O) groups is 1. The van der Waals surface area contributed by atoms with Crippen LogP contribution in [0, 0.1) is 0 Å². The van der Waals surface area contributed by atoms with Crippen molar-refractivity contribution in [1.82, 2.24) is 9.55 Å². The van der Waals surface area contributed by atoms with Crippen molar-refractivity contribution in [3.8, 4) is 11.4 Å². The molecule has 0 saturated carbocycles. The fourth-order valence-corrected chi connectivity index (χ4v) is 3.98. The molecule has 10 heteroatoms. The molecule has 27 heavy (non-hydrogen) atoms. The van der Waals surface area contributed by atoms with Gasteiger partial charge < -0.3 is 14.6 Å². The van der Waals surface area contributed by atoms with Crippen molar-refractivity contribution < 1.29 is 17.9 Å². The van der Waals surface area contributed by atoms with Crippen LogP contribution in [0.5, 0.6) is 5.75 Å². The maximum atomic E-state index is 12.7. The molecule has 0 spiro atoms. The van der Waals surface area contributed by atoms with Gasteiger partial charge in [-0.25, -0.2) is 13.4 Å². The Morgan fingerprint density at radius 3 is 2.81 bits per heavy atom. The van der Waals surface area contributed by atoms with Crippen molar-refractivity contribution in [2.45, 2.75) is 4.90 Å². The molecular weight excluding hydrogens is 392 g/mol. The molecule has 3 aromatic rings. The SMILES string of the molecule is O=C1COc2ccc(S(=O)(=O)Nc3ccc(-n4ccnc4)c(Cl)c3)cc2N1. The Morgan fingerprint density at radius 1 is 1.22 bits per heavy atom. The average Bonchev–Trinajstić information content (AvgIpc) is 3.15. The van der Waals surface area contributed by atoms with Gasteiger partial charge in [0.05, 0.1) is 33.3 Å². The summed E-state index contributed by atoms with van der Waals surface area (Å²) in [7, 11) is -3.88. The number of fused-ring (bicyclic) bond motifs is 1. The summed E-state index contributed by atoms with van der Waals surface area (Å²) in [5, 5.41) is 2.94. The van der Waals surface area contributed by atoms with E-state index in [4.69, 9.17) is 16.3 Å². The molecule has 1 amide bonds. The smallest absolute Gasteiger partial charge is 0.262 e. The highest BCUT2D eigenvalue weighted by atomic mass is 35.5. The van der Waals surface area contributed by atoms with Crippen molar-refractivity contribution in [3.63, 3.8) is 0 Å². The van der Waals surface area contributed by atoms with Crippen LogP contribution in [0.1, 0.15) is 0 Å². The number of imidazole rings is 1. The van der Waals surface area contributed by atoms with Crippen LogP contribution in [0.2, 0.25) is 5.02 Å². The molecule has 0 unspecified atom stereocenters. The molecule has 0 saturated heterocycles. The number of aromatic nitrogens is 2. The molecule has 0 aliphatic carbocycles. The van der Waals surface area contributed by atoms with Gasteiger partial charge in [-0.05, 0) is 36.4 Å². The van der Waals surface area contributed by atoms with E-state index in [1.807, 2.05) is 0 Å². The number of halogens is 1. The first-order valence-corrected chi connectivity index (χ1v) is 9.66. The Hall–Kier alpha value is -3.04. The quantitative estimate of drug-likeness (QED) is 0.696. The standard InChI is InChI=1S/C17H13ClN4O4S/c18-13-7-11(1-3-15(13)22-6-5-19-10-22)21-27(24,25)12-2-4-16-14(8-12)20-17(23)9-26-16/h1-8,10,21H,9H2,(H,20,23). The zero-order valence-electron chi connectivity index (χ0n) is 13.7. The van der Waals surface area contributed by atoms with Crippen LogP contribution < -0.4 is 14.8 Å². The number of benzene rings is 2. The van der Waals surface area contributed by atoms with Gasteiger partial charge in [-0.3, -0.25) is 9.52 Å². The average molecular weight is 405 g/mol. The van der Waals surface area contributed by atoms with E-state index < -0.39 is 10.0 Å². The van der Waals surface area contributed by atoms with Crippen molar-refractivity contribution in [2.75, 3.05) is 16.6 Å². The van der Waals surface area contributed by atoms with Gasteiger partial charge in [0.1, 0.15) is 5.75 Å². The van der Waals surface area contributed by atoms with Crippen LogP contribution in [0.4, 0.5) is 11.4 Å². The van der Waals surface area contributed by atoms with Crippen molar-refractivity contribution in [3.05, 3.63) is 60.1 Å². The number of carbonyl (C=O) groups excluding carboxylic acids is 1. The van der Waals surface area contributed by atoms with Gasteiger partial charge in [-0.2, -0.15) is 0 Å². The molecular formula is C17H13ClN4O4S. The van der Waals surface area contributed by atoms with E-state index in [0.29, 0.717) is 27.8 Å². The summed E-state index contributed by atoms with van der Waals surface area (Å²) in [4.78, 5) is 15.4. The van der Waals surface area contributed by atoms with Gasteiger partial charge in [0.2, 0.25) is 0 Å². The van der Waals surface area contributed by atoms with E-state index in [2.05, 4.69) is 15.0 Å². The molecule has 0 fully saturated rings. The predicted octanol–water partition coefficient (Wildman–Crippen LogP) is 2.66. The molecule has 0 atom stereocenters. The molecule has 1 aliphatic heterocycles. The number of amides is 1. The summed E-state index contributed by atoms with van der Waals surface area (Å²) in [5.74, 6) is 0.0770. The van der Waals surface area contributed by atoms with E-state index in [9.17, 15) is 13.2 Å². The first-order chi connectivity index (χ1) is 12.9. The van der Waals surface area contributed by atoms with Gasteiger partial charge in [-0.1, -0.05) is 11.6 Å². The monoisotopic (exact) mass is 404 g/mol. The zero-order valence-corrected chi connectivity index (χ0v) is 15.3. The molecule has 0 bridgehead atoms. The van der Waals surface area contributed by atoms with E-state index >= 15 is 0 Å². The minimum Gasteiger partial charge on any atom is -0.482 e. The van der Waals surface area contributed by atoms with Crippen molar-refractivity contribution in [2.24, 2.45) is 0 Å². The third-order valence-corrected chi connectivity index (χ3v) is 5.56. The molecule has 8 nitrogen and oxygen atoms in total. The summed E-state index contributed by atoms with van der Waals surface area (Å²) in [6, 6.07) is 9.04. The first kappa shape index (κ1) is 17.4. The summed E-state index contributed by atoms with van der Waals surface area (Å²) in [6.45, 7) is -0.0981. The summed E-state index contributed by atoms with van der Waals surface area (Å²) in [5.41, 5.74) is 1.29. The summed E-state index contributed by atoms with van der Waals surface area (Å²) in [6.07, 6.45) is 4.94. The second-order valence-corrected chi connectivity index (χ2v) is 7.83. The Balaban J connectivity index is 1.61. The summed E-state index contributed by atoms with van der Waals surface area (Å²) < 4.78 is 34.8. The first-order valence-electron chi connectivity index (χ1n) is 7.80. The second kappa shape index (κ2) is 6.60. The maximum absolute atomic E-state index is 12.7.